The van der Waals surface area contributed by atoms with Crippen LogP contribution in [0.4, 0.5) is 5.69 Å². The molecule has 4 aromatic rings. The van der Waals surface area contributed by atoms with Gasteiger partial charge in [-0.15, -0.1) is 10.2 Å². The summed E-state index contributed by atoms with van der Waals surface area (Å²) in [5, 5.41) is 11.6. The molecule has 0 aliphatic rings. The third kappa shape index (κ3) is 2.02. The number of aromatic amines is 1. The van der Waals surface area contributed by atoms with E-state index in [0.717, 1.165) is 16.6 Å². The lowest BCUT2D eigenvalue weighted by Crippen LogP contribution is -2.12. The monoisotopic (exact) mass is 277 g/mol. The van der Waals surface area contributed by atoms with Gasteiger partial charge in [0.05, 0.1) is 5.56 Å². The Kier molecular flexibility index (Phi) is 2.47. The average Bonchev–Trinajstić information content (AvgIpc) is 3.14. The second-order valence-corrected chi connectivity index (χ2v) is 4.75. The molecule has 2 N–H and O–H groups in total. The highest BCUT2D eigenvalue weighted by Crippen LogP contribution is 2.18. The van der Waals surface area contributed by atoms with Gasteiger partial charge in [-0.05, 0) is 36.4 Å². The second kappa shape index (κ2) is 4.45. The molecule has 0 fully saturated rings. The molecule has 0 atom stereocenters. The van der Waals surface area contributed by atoms with Crippen molar-refractivity contribution in [1.82, 2.24) is 19.6 Å². The van der Waals surface area contributed by atoms with Crippen LogP contribution >= 0.6 is 0 Å². The number of fused-ring (bicyclic) bond motifs is 2. The molecule has 3 aromatic heterocycles. The number of hydrogen-bond acceptors (Lipinski definition) is 3. The fourth-order valence-electron chi connectivity index (χ4n) is 2.30. The molecule has 1 amide bonds. The van der Waals surface area contributed by atoms with Gasteiger partial charge in [-0.25, -0.2) is 0 Å². The number of benzene rings is 1. The molecule has 0 saturated heterocycles. The van der Waals surface area contributed by atoms with Gasteiger partial charge in [-0.1, -0.05) is 0 Å². The van der Waals surface area contributed by atoms with Gasteiger partial charge in [0, 0.05) is 29.0 Å². The summed E-state index contributed by atoms with van der Waals surface area (Å²) in [5.74, 6) is -0.166. The maximum absolute atomic E-state index is 12.3. The highest BCUT2D eigenvalue weighted by Gasteiger charge is 2.08. The lowest BCUT2D eigenvalue weighted by atomic mass is 10.2. The van der Waals surface area contributed by atoms with Crippen molar-refractivity contribution in [2.24, 2.45) is 0 Å². The summed E-state index contributed by atoms with van der Waals surface area (Å²) in [6.45, 7) is 0. The Balaban J connectivity index is 1.64. The molecular weight excluding hydrogens is 266 g/mol. The predicted octanol–water partition coefficient (Wildman–Crippen LogP) is 2.46. The maximum Gasteiger partial charge on any atom is 0.257 e. The molecule has 6 heteroatoms. The van der Waals surface area contributed by atoms with Gasteiger partial charge < -0.3 is 10.3 Å². The first kappa shape index (κ1) is 11.7. The fourth-order valence-corrected chi connectivity index (χ4v) is 2.30. The maximum atomic E-state index is 12.3. The number of amides is 1. The van der Waals surface area contributed by atoms with E-state index >= 15 is 0 Å². The van der Waals surface area contributed by atoms with Crippen LogP contribution in [0, 0.1) is 0 Å². The molecule has 0 bridgehead atoms. The van der Waals surface area contributed by atoms with E-state index in [-0.39, 0.29) is 5.91 Å². The van der Waals surface area contributed by atoms with E-state index < -0.39 is 0 Å². The molecule has 6 nitrogen and oxygen atoms in total. The van der Waals surface area contributed by atoms with Crippen molar-refractivity contribution < 1.29 is 4.79 Å². The number of nitrogens with zero attached hydrogens (tertiary/aromatic N) is 3. The number of H-pyrrole nitrogens is 1. The van der Waals surface area contributed by atoms with E-state index in [0.29, 0.717) is 11.2 Å². The fraction of sp³-hybridized carbons (Fsp3) is 0. The van der Waals surface area contributed by atoms with Crippen LogP contribution in [-0.4, -0.2) is 25.5 Å². The van der Waals surface area contributed by atoms with Crippen molar-refractivity contribution in [3.8, 4) is 0 Å². The Bertz CT molecular complexity index is 953. The second-order valence-electron chi connectivity index (χ2n) is 4.75. The quantitative estimate of drug-likeness (QED) is 0.591. The van der Waals surface area contributed by atoms with Crippen molar-refractivity contribution >= 4 is 28.1 Å². The Hall–Kier alpha value is -3.15. The normalized spacial score (nSPS) is 11.0. The molecule has 0 aliphatic carbocycles. The first-order valence-electron chi connectivity index (χ1n) is 6.47. The SMILES string of the molecule is O=C(Nc1ccc2[nH]ccc2c1)c1ccc2nncn2c1. The van der Waals surface area contributed by atoms with E-state index in [1.807, 2.05) is 30.5 Å². The Morgan fingerprint density at radius 2 is 2.14 bits per heavy atom. The molecule has 102 valence electrons. The van der Waals surface area contributed by atoms with Gasteiger partial charge in [0.25, 0.3) is 5.91 Å². The van der Waals surface area contributed by atoms with Crippen LogP contribution in [0.2, 0.25) is 0 Å². The topological polar surface area (TPSA) is 75.1 Å². The van der Waals surface area contributed by atoms with Crippen LogP contribution in [0.15, 0.2) is 55.1 Å². The summed E-state index contributed by atoms with van der Waals surface area (Å²) < 4.78 is 1.71. The van der Waals surface area contributed by atoms with E-state index in [9.17, 15) is 4.79 Å². The third-order valence-corrected chi connectivity index (χ3v) is 3.36. The van der Waals surface area contributed by atoms with Crippen molar-refractivity contribution in [3.05, 3.63) is 60.7 Å². The van der Waals surface area contributed by atoms with Crippen LogP contribution in [-0.2, 0) is 0 Å². The molecule has 4 rings (SSSR count). The highest BCUT2D eigenvalue weighted by molar-refractivity contribution is 6.05. The lowest BCUT2D eigenvalue weighted by Gasteiger charge is -2.06. The Labute approximate surface area is 119 Å². The number of nitrogens with one attached hydrogen (secondary N) is 2. The number of anilines is 1. The van der Waals surface area contributed by atoms with Crippen LogP contribution in [0.5, 0.6) is 0 Å². The Morgan fingerprint density at radius 1 is 1.19 bits per heavy atom. The van der Waals surface area contributed by atoms with Crippen molar-refractivity contribution in [2.45, 2.75) is 0 Å². The van der Waals surface area contributed by atoms with E-state index in [1.54, 1.807) is 29.1 Å². The lowest BCUT2D eigenvalue weighted by molar-refractivity contribution is 0.102. The number of pyridine rings is 1. The summed E-state index contributed by atoms with van der Waals surface area (Å²) in [7, 11) is 0. The van der Waals surface area contributed by atoms with E-state index in [2.05, 4.69) is 20.5 Å². The summed E-state index contributed by atoms with van der Waals surface area (Å²) >= 11 is 0. The molecule has 0 unspecified atom stereocenters. The minimum atomic E-state index is -0.166. The van der Waals surface area contributed by atoms with Gasteiger partial charge in [-0.2, -0.15) is 0 Å². The molecule has 0 saturated carbocycles. The summed E-state index contributed by atoms with van der Waals surface area (Å²) in [6.07, 6.45) is 5.15. The van der Waals surface area contributed by atoms with Gasteiger partial charge in [-0.3, -0.25) is 9.20 Å². The minimum Gasteiger partial charge on any atom is -0.361 e. The zero-order valence-corrected chi connectivity index (χ0v) is 10.9. The minimum absolute atomic E-state index is 0.166. The van der Waals surface area contributed by atoms with Crippen LogP contribution in [0.3, 0.4) is 0 Å². The predicted molar refractivity (Wildman–Crippen MR) is 79.2 cm³/mol. The van der Waals surface area contributed by atoms with E-state index in [1.165, 1.54) is 0 Å². The number of hydrogen-bond donors (Lipinski definition) is 2. The first-order valence-corrected chi connectivity index (χ1v) is 6.47. The molecular formula is C15H11N5O. The zero-order valence-electron chi connectivity index (χ0n) is 10.9. The molecule has 3 heterocycles. The van der Waals surface area contributed by atoms with Gasteiger partial charge in [0.2, 0.25) is 0 Å². The molecule has 0 aliphatic heterocycles. The zero-order chi connectivity index (χ0) is 14.2. The first-order chi connectivity index (χ1) is 10.3. The third-order valence-electron chi connectivity index (χ3n) is 3.36. The van der Waals surface area contributed by atoms with E-state index in [4.69, 9.17) is 0 Å². The summed E-state index contributed by atoms with van der Waals surface area (Å²) in [4.78, 5) is 15.4. The number of carbonyl (C=O) groups is 1. The number of carbonyl (C=O) groups excluding carboxylic acids is 1. The molecule has 21 heavy (non-hydrogen) atoms. The van der Waals surface area contributed by atoms with Crippen molar-refractivity contribution in [1.29, 1.82) is 0 Å². The van der Waals surface area contributed by atoms with Gasteiger partial charge in [0.15, 0.2) is 5.65 Å². The number of aromatic nitrogens is 4. The van der Waals surface area contributed by atoms with Crippen LogP contribution < -0.4 is 5.32 Å². The summed E-state index contributed by atoms with van der Waals surface area (Å²) in [6, 6.07) is 11.2. The molecule has 0 spiro atoms. The van der Waals surface area contributed by atoms with Crippen molar-refractivity contribution in [2.75, 3.05) is 5.32 Å². The van der Waals surface area contributed by atoms with Crippen LogP contribution in [0.1, 0.15) is 10.4 Å². The highest BCUT2D eigenvalue weighted by atomic mass is 16.1. The standard InChI is InChI=1S/C15H11N5O/c21-15(11-1-4-14-19-17-9-20(14)8-11)18-12-2-3-13-10(7-12)5-6-16-13/h1-9,16H,(H,18,21). The van der Waals surface area contributed by atoms with Crippen molar-refractivity contribution in [3.63, 3.8) is 0 Å². The summed E-state index contributed by atoms with van der Waals surface area (Å²) in [5.41, 5.74) is 3.06. The molecule has 1 aromatic carbocycles. The average molecular weight is 277 g/mol. The smallest absolute Gasteiger partial charge is 0.257 e. The van der Waals surface area contributed by atoms with Gasteiger partial charge in [0.1, 0.15) is 6.33 Å². The van der Waals surface area contributed by atoms with Crippen LogP contribution in [0.25, 0.3) is 16.6 Å². The largest absolute Gasteiger partial charge is 0.361 e. The van der Waals surface area contributed by atoms with Gasteiger partial charge >= 0.3 is 0 Å². The molecule has 0 radical (unpaired) electrons. The Morgan fingerprint density at radius 3 is 3.10 bits per heavy atom. The number of rotatable bonds is 2.